The number of carbonyl (C=O) groups excluding carboxylic acids is 2. The van der Waals surface area contributed by atoms with E-state index in [0.717, 1.165) is 10.4 Å². The SMILES string of the molecule is O=C(NNC(=O)C1CCOCC1)c1ccc(-c2ccc(F)cc2)s1. The smallest absolute Gasteiger partial charge is 0.279 e. The standard InChI is InChI=1S/C17H17FN2O3S/c18-13-3-1-11(2-4-13)14-5-6-15(24-14)17(22)20-19-16(21)12-7-9-23-10-8-12/h1-6,12H,7-10H2,(H,19,21)(H,20,22). The summed E-state index contributed by atoms with van der Waals surface area (Å²) in [6.07, 6.45) is 1.32. The fourth-order valence-corrected chi connectivity index (χ4v) is 3.38. The van der Waals surface area contributed by atoms with E-state index in [9.17, 15) is 14.0 Å². The van der Waals surface area contributed by atoms with Crippen LogP contribution >= 0.6 is 11.3 Å². The maximum absolute atomic E-state index is 13.0. The number of benzene rings is 1. The quantitative estimate of drug-likeness (QED) is 0.838. The molecule has 5 nitrogen and oxygen atoms in total. The third-order valence-corrected chi connectivity index (χ3v) is 4.98. The minimum Gasteiger partial charge on any atom is -0.381 e. The molecule has 1 aromatic carbocycles. The van der Waals surface area contributed by atoms with Gasteiger partial charge in [-0.1, -0.05) is 12.1 Å². The average Bonchev–Trinajstić information content (AvgIpc) is 3.11. The van der Waals surface area contributed by atoms with E-state index in [1.54, 1.807) is 24.3 Å². The minimum atomic E-state index is -0.367. The van der Waals surface area contributed by atoms with Crippen LogP contribution in [0.15, 0.2) is 36.4 Å². The monoisotopic (exact) mass is 348 g/mol. The van der Waals surface area contributed by atoms with Crippen molar-refractivity contribution in [2.45, 2.75) is 12.8 Å². The van der Waals surface area contributed by atoms with Gasteiger partial charge in [-0.3, -0.25) is 20.4 Å². The van der Waals surface area contributed by atoms with E-state index >= 15 is 0 Å². The van der Waals surface area contributed by atoms with Gasteiger partial charge in [-0.15, -0.1) is 11.3 Å². The van der Waals surface area contributed by atoms with Crippen molar-refractivity contribution in [1.29, 1.82) is 0 Å². The van der Waals surface area contributed by atoms with E-state index in [1.165, 1.54) is 23.5 Å². The topological polar surface area (TPSA) is 67.4 Å². The Bertz CT molecular complexity index is 724. The number of ether oxygens (including phenoxy) is 1. The summed E-state index contributed by atoms with van der Waals surface area (Å²) in [4.78, 5) is 25.4. The molecule has 3 rings (SSSR count). The van der Waals surface area contributed by atoms with Crippen molar-refractivity contribution in [3.8, 4) is 10.4 Å². The van der Waals surface area contributed by atoms with Gasteiger partial charge in [0.15, 0.2) is 0 Å². The molecule has 0 atom stereocenters. The van der Waals surface area contributed by atoms with Crippen LogP contribution in [0.3, 0.4) is 0 Å². The molecule has 2 N–H and O–H groups in total. The van der Waals surface area contributed by atoms with Crippen LogP contribution in [0.2, 0.25) is 0 Å². The number of hydrazine groups is 1. The lowest BCUT2D eigenvalue weighted by molar-refractivity contribution is -0.128. The van der Waals surface area contributed by atoms with Crippen molar-refractivity contribution in [2.75, 3.05) is 13.2 Å². The number of thiophene rings is 1. The van der Waals surface area contributed by atoms with Crippen LogP contribution in [0.1, 0.15) is 22.5 Å². The molecule has 0 saturated carbocycles. The zero-order valence-corrected chi connectivity index (χ0v) is 13.7. The summed E-state index contributed by atoms with van der Waals surface area (Å²) < 4.78 is 18.2. The molecule has 1 saturated heterocycles. The zero-order valence-electron chi connectivity index (χ0n) is 12.9. The second-order valence-corrected chi connectivity index (χ2v) is 6.58. The molecular formula is C17H17FN2O3S. The van der Waals surface area contributed by atoms with E-state index < -0.39 is 0 Å². The molecule has 24 heavy (non-hydrogen) atoms. The number of amides is 2. The fraction of sp³-hybridized carbons (Fsp3) is 0.294. The first kappa shape index (κ1) is 16.6. The van der Waals surface area contributed by atoms with Gasteiger partial charge in [-0.05, 0) is 42.7 Å². The van der Waals surface area contributed by atoms with Gasteiger partial charge in [0.05, 0.1) is 4.88 Å². The minimum absolute atomic E-state index is 0.128. The highest BCUT2D eigenvalue weighted by Crippen LogP contribution is 2.28. The van der Waals surface area contributed by atoms with Gasteiger partial charge in [0.25, 0.3) is 5.91 Å². The molecule has 1 aromatic heterocycles. The maximum atomic E-state index is 13.0. The van der Waals surface area contributed by atoms with Gasteiger partial charge >= 0.3 is 0 Å². The van der Waals surface area contributed by atoms with E-state index in [2.05, 4.69) is 10.9 Å². The number of nitrogens with one attached hydrogen (secondary N) is 2. The average molecular weight is 348 g/mol. The van der Waals surface area contributed by atoms with Crippen molar-refractivity contribution in [3.05, 3.63) is 47.1 Å². The predicted octanol–water partition coefficient (Wildman–Crippen LogP) is 2.74. The summed E-state index contributed by atoms with van der Waals surface area (Å²) >= 11 is 1.28. The van der Waals surface area contributed by atoms with Crippen LogP contribution in [0.4, 0.5) is 4.39 Å². The number of hydrogen-bond acceptors (Lipinski definition) is 4. The Morgan fingerprint density at radius 2 is 1.75 bits per heavy atom. The third kappa shape index (κ3) is 3.98. The lowest BCUT2D eigenvalue weighted by atomic mass is 10.00. The highest BCUT2D eigenvalue weighted by Gasteiger charge is 2.22. The molecule has 1 fully saturated rings. The molecule has 2 aromatic rings. The van der Waals surface area contributed by atoms with Crippen LogP contribution in [-0.4, -0.2) is 25.0 Å². The molecule has 1 aliphatic rings. The number of carbonyl (C=O) groups is 2. The van der Waals surface area contributed by atoms with Crippen LogP contribution < -0.4 is 10.9 Å². The summed E-state index contributed by atoms with van der Waals surface area (Å²) in [6.45, 7) is 1.13. The summed E-state index contributed by atoms with van der Waals surface area (Å²) in [6, 6.07) is 9.56. The molecule has 126 valence electrons. The summed E-state index contributed by atoms with van der Waals surface area (Å²) in [5, 5.41) is 0. The maximum Gasteiger partial charge on any atom is 0.279 e. The first-order valence-corrected chi connectivity index (χ1v) is 8.49. The highest BCUT2D eigenvalue weighted by atomic mass is 32.1. The van der Waals surface area contributed by atoms with Crippen LogP contribution in [-0.2, 0) is 9.53 Å². The van der Waals surface area contributed by atoms with Crippen molar-refractivity contribution in [3.63, 3.8) is 0 Å². The van der Waals surface area contributed by atoms with Crippen molar-refractivity contribution >= 4 is 23.2 Å². The Kier molecular flexibility index (Phi) is 5.22. The summed E-state index contributed by atoms with van der Waals surface area (Å²) in [5.74, 6) is -0.989. The van der Waals surface area contributed by atoms with Crippen molar-refractivity contribution < 1.29 is 18.7 Å². The Hall–Kier alpha value is -2.25. The molecule has 0 radical (unpaired) electrons. The molecule has 0 aliphatic carbocycles. The number of halogens is 1. The van der Waals surface area contributed by atoms with E-state index in [-0.39, 0.29) is 23.5 Å². The first-order valence-electron chi connectivity index (χ1n) is 7.67. The van der Waals surface area contributed by atoms with Crippen molar-refractivity contribution in [2.24, 2.45) is 5.92 Å². The second-order valence-electron chi connectivity index (χ2n) is 5.50. The molecule has 0 spiro atoms. The Labute approximate surface area is 142 Å². The van der Waals surface area contributed by atoms with Crippen LogP contribution in [0, 0.1) is 11.7 Å². The Morgan fingerprint density at radius 1 is 1.04 bits per heavy atom. The second kappa shape index (κ2) is 7.55. The largest absolute Gasteiger partial charge is 0.381 e. The normalized spacial score (nSPS) is 15.0. The summed E-state index contributed by atoms with van der Waals surface area (Å²) in [5.41, 5.74) is 5.75. The van der Waals surface area contributed by atoms with Crippen LogP contribution in [0.5, 0.6) is 0 Å². The van der Waals surface area contributed by atoms with E-state index in [4.69, 9.17) is 4.74 Å². The van der Waals surface area contributed by atoms with E-state index in [1.807, 2.05) is 0 Å². The molecule has 2 amide bonds. The van der Waals surface area contributed by atoms with Gasteiger partial charge in [0.2, 0.25) is 5.91 Å². The molecule has 2 heterocycles. The zero-order chi connectivity index (χ0) is 16.9. The predicted molar refractivity (Wildman–Crippen MR) is 88.9 cm³/mol. The summed E-state index contributed by atoms with van der Waals surface area (Å²) in [7, 11) is 0. The lowest BCUT2D eigenvalue weighted by Gasteiger charge is -2.21. The number of rotatable bonds is 3. The Morgan fingerprint density at radius 3 is 2.46 bits per heavy atom. The molecule has 1 aliphatic heterocycles. The molecule has 0 bridgehead atoms. The third-order valence-electron chi connectivity index (χ3n) is 3.85. The first-order chi connectivity index (χ1) is 11.6. The Balaban J connectivity index is 1.57. The van der Waals surface area contributed by atoms with Gasteiger partial charge in [-0.2, -0.15) is 0 Å². The highest BCUT2D eigenvalue weighted by molar-refractivity contribution is 7.17. The van der Waals surface area contributed by atoms with Gasteiger partial charge in [0, 0.05) is 24.0 Å². The van der Waals surface area contributed by atoms with Gasteiger partial charge < -0.3 is 4.74 Å². The molecule has 7 heteroatoms. The van der Waals surface area contributed by atoms with Gasteiger partial charge in [0.1, 0.15) is 5.82 Å². The number of hydrogen-bond donors (Lipinski definition) is 2. The van der Waals surface area contributed by atoms with Gasteiger partial charge in [-0.25, -0.2) is 4.39 Å². The van der Waals surface area contributed by atoms with Crippen LogP contribution in [0.25, 0.3) is 10.4 Å². The fourth-order valence-electron chi connectivity index (χ4n) is 2.47. The van der Waals surface area contributed by atoms with E-state index in [0.29, 0.717) is 30.9 Å². The van der Waals surface area contributed by atoms with Crippen molar-refractivity contribution in [1.82, 2.24) is 10.9 Å². The molecular weight excluding hydrogens is 331 g/mol. The molecule has 0 unspecified atom stereocenters. The lowest BCUT2D eigenvalue weighted by Crippen LogP contribution is -2.45.